The first kappa shape index (κ1) is 13.5. The predicted octanol–water partition coefficient (Wildman–Crippen LogP) is 2.34. The molecule has 3 aromatic rings. The van der Waals surface area contributed by atoms with Crippen molar-refractivity contribution in [2.24, 2.45) is 0 Å². The van der Waals surface area contributed by atoms with Crippen LogP contribution in [0.2, 0.25) is 5.02 Å². The van der Waals surface area contributed by atoms with Gasteiger partial charge in [0.2, 0.25) is 0 Å². The van der Waals surface area contributed by atoms with E-state index in [1.807, 2.05) is 0 Å². The number of hydrogen-bond donors (Lipinski definition) is 1. The van der Waals surface area contributed by atoms with Crippen LogP contribution in [0.4, 0.5) is 0 Å². The number of nitrogens with one attached hydrogen (secondary N) is 1. The molecule has 21 heavy (non-hydrogen) atoms. The topological polar surface area (TPSA) is 64.1 Å². The lowest BCUT2D eigenvalue weighted by atomic mass is 10.2. The summed E-state index contributed by atoms with van der Waals surface area (Å²) >= 11 is 6.00. The van der Waals surface area contributed by atoms with E-state index in [2.05, 4.69) is 4.98 Å². The van der Waals surface area contributed by atoms with Crippen LogP contribution < -0.4 is 16.0 Å². The largest absolute Gasteiger partial charge is 0.497 e. The standard InChI is InChI=1S/C15H11ClN2O3/c1-21-10-7-5-9(6-8-10)18-14(19)11-3-2-4-12(16)13(11)17-15(18)20/h2-8H,1H3,(H,17,20). The molecule has 0 saturated heterocycles. The van der Waals surface area contributed by atoms with Crippen molar-refractivity contribution in [1.82, 2.24) is 9.55 Å². The van der Waals surface area contributed by atoms with Crippen molar-refractivity contribution < 1.29 is 4.74 Å². The molecule has 0 aliphatic carbocycles. The SMILES string of the molecule is COc1ccc(-n2c(=O)[nH]c3c(Cl)cccc3c2=O)cc1. The Labute approximate surface area is 124 Å². The molecule has 0 aliphatic rings. The fourth-order valence-electron chi connectivity index (χ4n) is 2.17. The Morgan fingerprint density at radius 1 is 1.10 bits per heavy atom. The molecule has 0 fully saturated rings. The number of H-pyrrole nitrogens is 1. The molecule has 0 spiro atoms. The van der Waals surface area contributed by atoms with Crippen molar-refractivity contribution >= 4 is 22.5 Å². The molecule has 6 heteroatoms. The van der Waals surface area contributed by atoms with E-state index in [-0.39, 0.29) is 0 Å². The molecular formula is C15H11ClN2O3. The van der Waals surface area contributed by atoms with E-state index in [9.17, 15) is 9.59 Å². The molecule has 0 aliphatic heterocycles. The second kappa shape index (κ2) is 5.10. The minimum atomic E-state index is -0.536. The van der Waals surface area contributed by atoms with Crippen molar-refractivity contribution in [3.8, 4) is 11.4 Å². The number of fused-ring (bicyclic) bond motifs is 1. The van der Waals surface area contributed by atoms with Gasteiger partial charge in [0.25, 0.3) is 5.56 Å². The highest BCUT2D eigenvalue weighted by molar-refractivity contribution is 6.34. The Morgan fingerprint density at radius 3 is 2.48 bits per heavy atom. The Hall–Kier alpha value is -2.53. The maximum absolute atomic E-state index is 12.5. The van der Waals surface area contributed by atoms with Crippen molar-refractivity contribution in [3.63, 3.8) is 0 Å². The van der Waals surface area contributed by atoms with Gasteiger partial charge < -0.3 is 9.72 Å². The van der Waals surface area contributed by atoms with Gasteiger partial charge in [-0.1, -0.05) is 17.7 Å². The van der Waals surface area contributed by atoms with Gasteiger partial charge in [-0.2, -0.15) is 0 Å². The van der Waals surface area contributed by atoms with E-state index in [1.165, 1.54) is 0 Å². The number of nitrogens with zero attached hydrogens (tertiary/aromatic N) is 1. The van der Waals surface area contributed by atoms with Crippen LogP contribution in [0, 0.1) is 0 Å². The van der Waals surface area contributed by atoms with Gasteiger partial charge in [-0.25, -0.2) is 9.36 Å². The molecule has 0 bridgehead atoms. The van der Waals surface area contributed by atoms with Gasteiger partial charge in [0, 0.05) is 0 Å². The van der Waals surface area contributed by atoms with Crippen LogP contribution in [0.15, 0.2) is 52.1 Å². The molecule has 1 heterocycles. The number of rotatable bonds is 2. The zero-order valence-corrected chi connectivity index (χ0v) is 11.8. The van der Waals surface area contributed by atoms with Crippen molar-refractivity contribution in [2.45, 2.75) is 0 Å². The molecular weight excluding hydrogens is 292 g/mol. The number of aromatic amines is 1. The van der Waals surface area contributed by atoms with E-state index < -0.39 is 11.2 Å². The number of aromatic nitrogens is 2. The summed E-state index contributed by atoms with van der Waals surface area (Å²) in [6.45, 7) is 0. The van der Waals surface area contributed by atoms with E-state index in [0.717, 1.165) is 4.57 Å². The Bertz CT molecular complexity index is 926. The normalized spacial score (nSPS) is 10.8. The van der Waals surface area contributed by atoms with Gasteiger partial charge in [0.05, 0.1) is 28.7 Å². The minimum absolute atomic E-state index is 0.337. The van der Waals surface area contributed by atoms with Crippen LogP contribution in [0.5, 0.6) is 5.75 Å². The molecule has 0 unspecified atom stereocenters. The lowest BCUT2D eigenvalue weighted by molar-refractivity contribution is 0.414. The average Bonchev–Trinajstić information content (AvgIpc) is 2.49. The first-order valence-corrected chi connectivity index (χ1v) is 6.57. The summed E-state index contributed by atoms with van der Waals surface area (Å²) in [5.41, 5.74) is -0.143. The van der Waals surface area contributed by atoms with Crippen molar-refractivity contribution in [2.75, 3.05) is 7.11 Å². The van der Waals surface area contributed by atoms with Crippen LogP contribution in [0.3, 0.4) is 0 Å². The molecule has 106 valence electrons. The first-order valence-electron chi connectivity index (χ1n) is 6.20. The fraction of sp³-hybridized carbons (Fsp3) is 0.0667. The summed E-state index contributed by atoms with van der Waals surface area (Å²) in [6, 6.07) is 11.6. The second-order valence-electron chi connectivity index (χ2n) is 4.43. The van der Waals surface area contributed by atoms with Crippen LogP contribution in [0.25, 0.3) is 16.6 Å². The number of halogens is 1. The van der Waals surface area contributed by atoms with E-state index >= 15 is 0 Å². The van der Waals surface area contributed by atoms with Gasteiger partial charge >= 0.3 is 5.69 Å². The van der Waals surface area contributed by atoms with Gasteiger partial charge in [-0.3, -0.25) is 4.79 Å². The van der Waals surface area contributed by atoms with E-state index in [0.29, 0.717) is 27.4 Å². The first-order chi connectivity index (χ1) is 10.1. The van der Waals surface area contributed by atoms with Gasteiger partial charge in [-0.15, -0.1) is 0 Å². The number of ether oxygens (including phenoxy) is 1. The smallest absolute Gasteiger partial charge is 0.333 e. The summed E-state index contributed by atoms with van der Waals surface area (Å²) in [5, 5.41) is 0.696. The molecule has 0 radical (unpaired) electrons. The highest BCUT2D eigenvalue weighted by Crippen LogP contribution is 2.18. The quantitative estimate of drug-likeness (QED) is 0.790. The minimum Gasteiger partial charge on any atom is -0.497 e. The number of benzene rings is 2. The Balaban J connectivity index is 2.32. The van der Waals surface area contributed by atoms with E-state index in [1.54, 1.807) is 49.6 Å². The van der Waals surface area contributed by atoms with Gasteiger partial charge in [-0.05, 0) is 36.4 Å². The molecule has 3 rings (SSSR count). The highest BCUT2D eigenvalue weighted by Gasteiger charge is 2.11. The number of hydrogen-bond acceptors (Lipinski definition) is 3. The predicted molar refractivity (Wildman–Crippen MR) is 81.7 cm³/mol. The van der Waals surface area contributed by atoms with Gasteiger partial charge in [0.1, 0.15) is 5.75 Å². The molecule has 0 saturated carbocycles. The Kier molecular flexibility index (Phi) is 3.27. The van der Waals surface area contributed by atoms with E-state index in [4.69, 9.17) is 16.3 Å². The van der Waals surface area contributed by atoms with Crippen LogP contribution >= 0.6 is 11.6 Å². The lowest BCUT2D eigenvalue weighted by Gasteiger charge is -2.08. The number of para-hydroxylation sites is 1. The monoisotopic (exact) mass is 302 g/mol. The molecule has 2 aromatic carbocycles. The third-order valence-corrected chi connectivity index (χ3v) is 3.53. The van der Waals surface area contributed by atoms with Crippen LogP contribution in [-0.4, -0.2) is 16.7 Å². The van der Waals surface area contributed by atoms with Crippen LogP contribution in [-0.2, 0) is 0 Å². The Morgan fingerprint density at radius 2 is 1.81 bits per heavy atom. The second-order valence-corrected chi connectivity index (χ2v) is 4.84. The summed E-state index contributed by atoms with van der Waals surface area (Å²) in [5.74, 6) is 0.645. The molecule has 0 atom stereocenters. The maximum atomic E-state index is 12.5. The summed E-state index contributed by atoms with van der Waals surface area (Å²) in [7, 11) is 1.55. The van der Waals surface area contributed by atoms with Gasteiger partial charge in [0.15, 0.2) is 0 Å². The summed E-state index contributed by atoms with van der Waals surface area (Å²) in [4.78, 5) is 27.3. The summed E-state index contributed by atoms with van der Waals surface area (Å²) < 4.78 is 6.13. The molecule has 1 N–H and O–H groups in total. The fourth-order valence-corrected chi connectivity index (χ4v) is 2.39. The highest BCUT2D eigenvalue weighted by atomic mass is 35.5. The summed E-state index contributed by atoms with van der Waals surface area (Å²) in [6.07, 6.45) is 0. The molecule has 1 aromatic heterocycles. The molecule has 0 amide bonds. The van der Waals surface area contributed by atoms with Crippen molar-refractivity contribution in [1.29, 1.82) is 0 Å². The third kappa shape index (κ3) is 2.21. The average molecular weight is 303 g/mol. The van der Waals surface area contributed by atoms with Crippen LogP contribution in [0.1, 0.15) is 0 Å². The number of methoxy groups -OCH3 is 1. The zero-order valence-electron chi connectivity index (χ0n) is 11.1. The zero-order chi connectivity index (χ0) is 15.0. The maximum Gasteiger partial charge on any atom is 0.333 e. The molecule has 5 nitrogen and oxygen atoms in total. The third-order valence-electron chi connectivity index (χ3n) is 3.21. The van der Waals surface area contributed by atoms with Crippen molar-refractivity contribution in [3.05, 3.63) is 68.3 Å². The lowest BCUT2D eigenvalue weighted by Crippen LogP contribution is -2.33.